The Morgan fingerprint density at radius 3 is 2.30 bits per heavy atom. The maximum atomic E-state index is 11.6. The molecular weight excluding hydrogens is 400 g/mol. The second-order valence-corrected chi connectivity index (χ2v) is 11.1. The van der Waals surface area contributed by atoms with Crippen LogP contribution in [0.4, 0.5) is 0 Å². The molecule has 3 N–H and O–H groups in total. The molecule has 1 aromatic rings. The van der Waals surface area contributed by atoms with Crippen LogP contribution in [0.5, 0.6) is 0 Å². The van der Waals surface area contributed by atoms with Gasteiger partial charge in [-0.2, -0.15) is 0 Å². The lowest BCUT2D eigenvalue weighted by molar-refractivity contribution is 0.187. The minimum absolute atomic E-state index is 0.0846. The number of benzene rings is 1. The third-order valence-electron chi connectivity index (χ3n) is 5.53. The van der Waals surface area contributed by atoms with Gasteiger partial charge in [-0.3, -0.25) is 4.99 Å². The number of nitrogens with zero attached hydrogens (tertiary/aromatic N) is 2. The summed E-state index contributed by atoms with van der Waals surface area (Å²) in [7, 11) is -3.10. The molecule has 8 heteroatoms. The van der Waals surface area contributed by atoms with Crippen LogP contribution in [0.15, 0.2) is 29.3 Å². The van der Waals surface area contributed by atoms with Gasteiger partial charge in [-0.25, -0.2) is 12.7 Å². The van der Waals surface area contributed by atoms with Gasteiger partial charge in [-0.15, -0.1) is 0 Å². The summed E-state index contributed by atoms with van der Waals surface area (Å²) in [5, 5.41) is 17.1. The molecule has 0 spiro atoms. The van der Waals surface area contributed by atoms with E-state index in [9.17, 15) is 13.5 Å². The largest absolute Gasteiger partial charge is 0.386 e. The summed E-state index contributed by atoms with van der Waals surface area (Å²) in [6.07, 6.45) is 2.28. The van der Waals surface area contributed by atoms with Crippen LogP contribution in [0.2, 0.25) is 0 Å². The molecule has 2 rings (SSSR count). The number of hydrogen-bond donors (Lipinski definition) is 3. The van der Waals surface area contributed by atoms with E-state index in [2.05, 4.69) is 48.5 Å². The Balaban J connectivity index is 1.88. The Morgan fingerprint density at radius 1 is 1.20 bits per heavy atom. The van der Waals surface area contributed by atoms with Crippen molar-refractivity contribution in [3.8, 4) is 0 Å². The number of hydrogen-bond acceptors (Lipinski definition) is 4. The molecule has 1 aliphatic heterocycles. The zero-order chi connectivity index (χ0) is 22.4. The lowest BCUT2D eigenvalue weighted by Gasteiger charge is -2.30. The Bertz CT molecular complexity index is 793. The van der Waals surface area contributed by atoms with E-state index in [-0.39, 0.29) is 12.0 Å². The standard InChI is InChI=1S/C22H38N4O3S/c1-6-23-21(24-15-17-11-13-26(14-12-17)30(5,28)29)25-16-20(27)18-7-9-19(10-8-18)22(2,3)4/h7-10,17,20,27H,6,11-16H2,1-5H3,(H2,23,24,25). The highest BCUT2D eigenvalue weighted by Crippen LogP contribution is 2.24. The minimum Gasteiger partial charge on any atom is -0.386 e. The number of sulfonamides is 1. The first-order chi connectivity index (χ1) is 14.0. The molecule has 0 bridgehead atoms. The molecule has 30 heavy (non-hydrogen) atoms. The van der Waals surface area contributed by atoms with Crippen LogP contribution in [0.1, 0.15) is 57.8 Å². The molecule has 1 fully saturated rings. The quantitative estimate of drug-likeness (QED) is 0.448. The Kier molecular flexibility index (Phi) is 8.70. The van der Waals surface area contributed by atoms with E-state index < -0.39 is 16.1 Å². The van der Waals surface area contributed by atoms with Crippen molar-refractivity contribution in [2.75, 3.05) is 39.0 Å². The molecule has 0 radical (unpaired) electrons. The van der Waals surface area contributed by atoms with Crippen LogP contribution >= 0.6 is 0 Å². The molecular formula is C22H38N4O3S. The molecule has 1 saturated heterocycles. The second kappa shape index (κ2) is 10.6. The normalized spacial score (nSPS) is 18.3. The number of piperidine rings is 1. The van der Waals surface area contributed by atoms with E-state index in [1.54, 1.807) is 4.31 Å². The number of rotatable bonds is 7. The Labute approximate surface area is 182 Å². The topological polar surface area (TPSA) is 94.0 Å². The van der Waals surface area contributed by atoms with Crippen molar-refractivity contribution in [3.63, 3.8) is 0 Å². The van der Waals surface area contributed by atoms with Crippen molar-refractivity contribution in [3.05, 3.63) is 35.4 Å². The van der Waals surface area contributed by atoms with Gasteiger partial charge in [0.15, 0.2) is 5.96 Å². The van der Waals surface area contributed by atoms with Crippen molar-refractivity contribution in [1.29, 1.82) is 0 Å². The molecule has 0 aromatic heterocycles. The number of nitrogens with one attached hydrogen (secondary N) is 2. The van der Waals surface area contributed by atoms with Crippen molar-refractivity contribution in [2.45, 2.75) is 52.1 Å². The minimum atomic E-state index is -3.10. The first-order valence-corrected chi connectivity index (χ1v) is 12.6. The van der Waals surface area contributed by atoms with Gasteiger partial charge in [-0.1, -0.05) is 45.0 Å². The molecule has 7 nitrogen and oxygen atoms in total. The van der Waals surface area contributed by atoms with Crippen molar-refractivity contribution in [2.24, 2.45) is 10.9 Å². The van der Waals surface area contributed by atoms with Crippen LogP contribution in [-0.2, 0) is 15.4 Å². The fourth-order valence-electron chi connectivity index (χ4n) is 3.52. The van der Waals surface area contributed by atoms with E-state index >= 15 is 0 Å². The number of aliphatic hydroxyl groups is 1. The van der Waals surface area contributed by atoms with Gasteiger partial charge in [0.05, 0.1) is 18.9 Å². The average molecular weight is 439 g/mol. The monoisotopic (exact) mass is 438 g/mol. The summed E-state index contributed by atoms with van der Waals surface area (Å²) < 4.78 is 24.8. The molecule has 0 aliphatic carbocycles. The predicted molar refractivity (Wildman–Crippen MR) is 123 cm³/mol. The first-order valence-electron chi connectivity index (χ1n) is 10.8. The fraction of sp³-hybridized carbons (Fsp3) is 0.682. The fourth-order valence-corrected chi connectivity index (χ4v) is 4.39. The van der Waals surface area contributed by atoms with Crippen molar-refractivity contribution < 1.29 is 13.5 Å². The van der Waals surface area contributed by atoms with Gasteiger partial charge in [0, 0.05) is 26.2 Å². The summed E-state index contributed by atoms with van der Waals surface area (Å²) in [4.78, 5) is 4.54. The number of aliphatic hydroxyl groups excluding tert-OH is 1. The second-order valence-electron chi connectivity index (χ2n) is 9.09. The SMILES string of the molecule is CCNC(=NCC(O)c1ccc(C(C)(C)C)cc1)NCC1CCN(S(C)(=O)=O)CC1. The molecule has 170 valence electrons. The molecule has 1 aliphatic rings. The Morgan fingerprint density at radius 2 is 1.80 bits per heavy atom. The molecule has 0 amide bonds. The third kappa shape index (κ3) is 7.56. The zero-order valence-corrected chi connectivity index (χ0v) is 19.8. The van der Waals surface area contributed by atoms with Gasteiger partial charge in [0.25, 0.3) is 0 Å². The lowest BCUT2D eigenvalue weighted by atomic mass is 9.86. The van der Waals surface area contributed by atoms with Crippen LogP contribution in [-0.4, -0.2) is 62.8 Å². The molecule has 1 atom stereocenters. The maximum absolute atomic E-state index is 11.6. The highest BCUT2D eigenvalue weighted by Gasteiger charge is 2.24. The Hall–Kier alpha value is -1.64. The van der Waals surface area contributed by atoms with E-state index in [1.807, 2.05) is 19.1 Å². The van der Waals surface area contributed by atoms with Crippen molar-refractivity contribution in [1.82, 2.24) is 14.9 Å². The van der Waals surface area contributed by atoms with E-state index in [1.165, 1.54) is 11.8 Å². The molecule has 1 unspecified atom stereocenters. The van der Waals surface area contributed by atoms with E-state index in [0.29, 0.717) is 25.0 Å². The highest BCUT2D eigenvalue weighted by molar-refractivity contribution is 7.88. The highest BCUT2D eigenvalue weighted by atomic mass is 32.2. The number of aliphatic imine (C=N–C) groups is 1. The van der Waals surface area contributed by atoms with E-state index in [0.717, 1.165) is 31.5 Å². The summed E-state index contributed by atoms with van der Waals surface area (Å²) >= 11 is 0. The van der Waals surface area contributed by atoms with Crippen LogP contribution < -0.4 is 10.6 Å². The maximum Gasteiger partial charge on any atom is 0.211 e. The molecule has 1 heterocycles. The number of guanidine groups is 1. The van der Waals surface area contributed by atoms with Gasteiger partial charge in [-0.05, 0) is 42.2 Å². The van der Waals surface area contributed by atoms with Gasteiger partial charge >= 0.3 is 0 Å². The van der Waals surface area contributed by atoms with Crippen LogP contribution in [0, 0.1) is 5.92 Å². The lowest BCUT2D eigenvalue weighted by Crippen LogP contribution is -2.44. The van der Waals surface area contributed by atoms with Gasteiger partial charge in [0.1, 0.15) is 0 Å². The summed E-state index contributed by atoms with van der Waals surface area (Å²) in [5.74, 6) is 1.08. The van der Waals surface area contributed by atoms with E-state index in [4.69, 9.17) is 0 Å². The van der Waals surface area contributed by atoms with Crippen LogP contribution in [0.3, 0.4) is 0 Å². The summed E-state index contributed by atoms with van der Waals surface area (Å²) in [6, 6.07) is 8.07. The average Bonchev–Trinajstić information content (AvgIpc) is 2.69. The van der Waals surface area contributed by atoms with Gasteiger partial charge in [0.2, 0.25) is 10.0 Å². The molecule has 1 aromatic carbocycles. The predicted octanol–water partition coefficient (Wildman–Crippen LogP) is 2.24. The first kappa shape index (κ1) is 24.6. The molecule has 0 saturated carbocycles. The summed E-state index contributed by atoms with van der Waals surface area (Å²) in [6.45, 7) is 11.4. The van der Waals surface area contributed by atoms with Gasteiger partial charge < -0.3 is 15.7 Å². The summed E-state index contributed by atoms with van der Waals surface area (Å²) in [5.41, 5.74) is 2.18. The zero-order valence-electron chi connectivity index (χ0n) is 19.0. The smallest absolute Gasteiger partial charge is 0.211 e. The van der Waals surface area contributed by atoms with Crippen molar-refractivity contribution >= 4 is 16.0 Å². The third-order valence-corrected chi connectivity index (χ3v) is 6.83. The van der Waals surface area contributed by atoms with Crippen LogP contribution in [0.25, 0.3) is 0 Å².